The molecule has 1 N–H and O–H groups in total. The molecule has 1 saturated heterocycles. The van der Waals surface area contributed by atoms with Gasteiger partial charge in [0.1, 0.15) is 5.75 Å². The van der Waals surface area contributed by atoms with Gasteiger partial charge in [-0.25, -0.2) is 0 Å². The maximum Gasteiger partial charge on any atom is 0.229 e. The molecule has 3 rings (SSSR count). The molecular weight excluding hydrogens is 328 g/mol. The van der Waals surface area contributed by atoms with Crippen molar-refractivity contribution < 1.29 is 14.3 Å². The van der Waals surface area contributed by atoms with E-state index < -0.39 is 5.92 Å². The highest BCUT2D eigenvalue weighted by molar-refractivity contribution is 6.33. The van der Waals surface area contributed by atoms with E-state index in [1.54, 1.807) is 54.5 Å². The van der Waals surface area contributed by atoms with E-state index in [0.717, 1.165) is 0 Å². The van der Waals surface area contributed by atoms with Crippen molar-refractivity contribution in [3.8, 4) is 5.75 Å². The number of carbonyl (C=O) groups is 2. The third-order valence-electron chi connectivity index (χ3n) is 4.00. The van der Waals surface area contributed by atoms with Crippen LogP contribution in [0.25, 0.3) is 0 Å². The van der Waals surface area contributed by atoms with Crippen LogP contribution in [0.2, 0.25) is 5.02 Å². The van der Waals surface area contributed by atoms with Gasteiger partial charge in [-0.05, 0) is 36.4 Å². The zero-order chi connectivity index (χ0) is 17.1. The Morgan fingerprint density at radius 2 is 1.92 bits per heavy atom. The molecule has 0 bridgehead atoms. The molecule has 0 radical (unpaired) electrons. The van der Waals surface area contributed by atoms with Gasteiger partial charge in [0.2, 0.25) is 11.8 Å². The Balaban J connectivity index is 1.68. The van der Waals surface area contributed by atoms with Gasteiger partial charge in [-0.15, -0.1) is 0 Å². The third kappa shape index (κ3) is 3.36. The van der Waals surface area contributed by atoms with Crippen LogP contribution < -0.4 is 15.0 Å². The molecule has 1 heterocycles. The Bertz CT molecular complexity index is 761. The van der Waals surface area contributed by atoms with E-state index in [2.05, 4.69) is 5.32 Å². The quantitative estimate of drug-likeness (QED) is 0.925. The van der Waals surface area contributed by atoms with Gasteiger partial charge >= 0.3 is 0 Å². The fourth-order valence-electron chi connectivity index (χ4n) is 2.71. The summed E-state index contributed by atoms with van der Waals surface area (Å²) in [5, 5.41) is 3.34. The highest BCUT2D eigenvalue weighted by atomic mass is 35.5. The summed E-state index contributed by atoms with van der Waals surface area (Å²) in [6.07, 6.45) is 0.174. The first kappa shape index (κ1) is 16.3. The summed E-state index contributed by atoms with van der Waals surface area (Å²) in [5.74, 6) is 0.0332. The molecule has 1 atom stereocenters. The molecule has 0 saturated carbocycles. The number of para-hydroxylation sites is 1. The predicted octanol–water partition coefficient (Wildman–Crippen LogP) is 3.34. The molecule has 24 heavy (non-hydrogen) atoms. The highest BCUT2D eigenvalue weighted by Gasteiger charge is 2.35. The van der Waals surface area contributed by atoms with Crippen LogP contribution in [0.4, 0.5) is 11.4 Å². The highest BCUT2D eigenvalue weighted by Crippen LogP contribution is 2.31. The fraction of sp³-hybridized carbons (Fsp3) is 0.222. The lowest BCUT2D eigenvalue weighted by Crippen LogP contribution is -2.28. The lowest BCUT2D eigenvalue weighted by Gasteiger charge is -2.18. The Morgan fingerprint density at radius 3 is 2.58 bits per heavy atom. The SMILES string of the molecule is COc1ccc(NC(=O)[C@@H]2CC(=O)N(c3ccccc3Cl)C2)cc1. The molecule has 124 valence electrons. The van der Waals surface area contributed by atoms with E-state index in [9.17, 15) is 9.59 Å². The number of methoxy groups -OCH3 is 1. The summed E-state index contributed by atoms with van der Waals surface area (Å²) in [4.78, 5) is 26.2. The molecule has 2 amide bonds. The first-order valence-electron chi connectivity index (χ1n) is 7.58. The fourth-order valence-corrected chi connectivity index (χ4v) is 2.94. The minimum absolute atomic E-state index is 0.0991. The summed E-state index contributed by atoms with van der Waals surface area (Å²) < 4.78 is 5.09. The average Bonchev–Trinajstić information content (AvgIpc) is 2.98. The normalized spacial score (nSPS) is 17.0. The number of hydrogen-bond acceptors (Lipinski definition) is 3. The molecule has 1 aliphatic heterocycles. The van der Waals surface area contributed by atoms with Crippen LogP contribution >= 0.6 is 11.6 Å². The maximum atomic E-state index is 12.4. The predicted molar refractivity (Wildman–Crippen MR) is 93.5 cm³/mol. The van der Waals surface area contributed by atoms with E-state index in [-0.39, 0.29) is 18.2 Å². The van der Waals surface area contributed by atoms with Crippen molar-refractivity contribution >= 4 is 34.8 Å². The molecular formula is C18H17ClN2O3. The monoisotopic (exact) mass is 344 g/mol. The topological polar surface area (TPSA) is 58.6 Å². The molecule has 0 aromatic heterocycles. The molecule has 6 heteroatoms. The van der Waals surface area contributed by atoms with E-state index in [1.807, 2.05) is 6.07 Å². The lowest BCUT2D eigenvalue weighted by atomic mass is 10.1. The number of nitrogens with zero attached hydrogens (tertiary/aromatic N) is 1. The number of hydrogen-bond donors (Lipinski definition) is 1. The average molecular weight is 345 g/mol. The Morgan fingerprint density at radius 1 is 1.21 bits per heavy atom. The van der Waals surface area contributed by atoms with Gasteiger partial charge in [0.25, 0.3) is 0 Å². The lowest BCUT2D eigenvalue weighted by molar-refractivity contribution is -0.122. The van der Waals surface area contributed by atoms with Gasteiger partial charge < -0.3 is 15.0 Å². The van der Waals surface area contributed by atoms with E-state index in [4.69, 9.17) is 16.3 Å². The number of amides is 2. The number of benzene rings is 2. The van der Waals surface area contributed by atoms with Crippen LogP contribution in [0, 0.1) is 5.92 Å². The summed E-state index contributed by atoms with van der Waals surface area (Å²) >= 11 is 6.15. The summed E-state index contributed by atoms with van der Waals surface area (Å²) in [6.45, 7) is 0.324. The van der Waals surface area contributed by atoms with Crippen molar-refractivity contribution in [1.82, 2.24) is 0 Å². The van der Waals surface area contributed by atoms with Gasteiger partial charge in [-0.3, -0.25) is 9.59 Å². The minimum atomic E-state index is -0.407. The number of carbonyl (C=O) groups excluding carboxylic acids is 2. The van der Waals surface area contributed by atoms with E-state index in [1.165, 1.54) is 0 Å². The van der Waals surface area contributed by atoms with Crippen LogP contribution in [0.5, 0.6) is 5.75 Å². The van der Waals surface area contributed by atoms with Crippen molar-refractivity contribution in [3.05, 3.63) is 53.6 Å². The zero-order valence-corrected chi connectivity index (χ0v) is 13.9. The number of rotatable bonds is 4. The summed E-state index contributed by atoms with van der Waals surface area (Å²) in [5.41, 5.74) is 1.31. The number of halogens is 1. The minimum Gasteiger partial charge on any atom is -0.497 e. The summed E-state index contributed by atoms with van der Waals surface area (Å²) in [6, 6.07) is 14.2. The van der Waals surface area contributed by atoms with Gasteiger partial charge in [0.05, 0.1) is 23.7 Å². The van der Waals surface area contributed by atoms with Crippen molar-refractivity contribution in [2.75, 3.05) is 23.9 Å². The second-order valence-corrected chi connectivity index (χ2v) is 5.98. The second-order valence-electron chi connectivity index (χ2n) is 5.57. The molecule has 0 unspecified atom stereocenters. The van der Waals surface area contributed by atoms with Gasteiger partial charge in [-0.1, -0.05) is 23.7 Å². The van der Waals surface area contributed by atoms with Crippen LogP contribution in [-0.4, -0.2) is 25.5 Å². The molecule has 1 fully saturated rings. The van der Waals surface area contributed by atoms with Gasteiger partial charge in [-0.2, -0.15) is 0 Å². The zero-order valence-electron chi connectivity index (χ0n) is 13.2. The molecule has 2 aromatic rings. The largest absolute Gasteiger partial charge is 0.497 e. The third-order valence-corrected chi connectivity index (χ3v) is 4.32. The van der Waals surface area contributed by atoms with Crippen molar-refractivity contribution in [2.45, 2.75) is 6.42 Å². The van der Waals surface area contributed by atoms with Crippen LogP contribution in [-0.2, 0) is 9.59 Å². The van der Waals surface area contributed by atoms with Crippen LogP contribution in [0.15, 0.2) is 48.5 Å². The molecule has 2 aromatic carbocycles. The smallest absolute Gasteiger partial charge is 0.229 e. The van der Waals surface area contributed by atoms with E-state index >= 15 is 0 Å². The van der Waals surface area contributed by atoms with Crippen molar-refractivity contribution in [3.63, 3.8) is 0 Å². The van der Waals surface area contributed by atoms with Crippen LogP contribution in [0.3, 0.4) is 0 Å². The first-order chi connectivity index (χ1) is 11.6. The molecule has 0 spiro atoms. The molecule has 0 aliphatic carbocycles. The number of ether oxygens (including phenoxy) is 1. The van der Waals surface area contributed by atoms with Crippen LogP contribution in [0.1, 0.15) is 6.42 Å². The Kier molecular flexibility index (Phi) is 4.71. The van der Waals surface area contributed by atoms with E-state index in [0.29, 0.717) is 28.7 Å². The molecule has 1 aliphatic rings. The maximum absolute atomic E-state index is 12.4. The van der Waals surface area contributed by atoms with Crippen molar-refractivity contribution in [2.24, 2.45) is 5.92 Å². The van der Waals surface area contributed by atoms with Crippen molar-refractivity contribution in [1.29, 1.82) is 0 Å². The molecule has 5 nitrogen and oxygen atoms in total. The number of nitrogens with one attached hydrogen (secondary N) is 1. The second kappa shape index (κ2) is 6.93. The van der Waals surface area contributed by atoms with Gasteiger partial charge in [0.15, 0.2) is 0 Å². The summed E-state index contributed by atoms with van der Waals surface area (Å²) in [7, 11) is 1.58. The Labute approximate surface area is 145 Å². The Hall–Kier alpha value is -2.53. The van der Waals surface area contributed by atoms with Gasteiger partial charge in [0, 0.05) is 18.7 Å². The number of anilines is 2. The first-order valence-corrected chi connectivity index (χ1v) is 7.96. The standard InChI is InChI=1S/C18H17ClN2O3/c1-24-14-8-6-13(7-9-14)20-18(23)12-10-17(22)21(11-12)16-5-3-2-4-15(16)19/h2-9,12H,10-11H2,1H3,(H,20,23)/t12-/m1/s1.